The van der Waals surface area contributed by atoms with Crippen molar-refractivity contribution in [3.63, 3.8) is 0 Å². The van der Waals surface area contributed by atoms with Crippen molar-refractivity contribution >= 4 is 29.3 Å². The van der Waals surface area contributed by atoms with Crippen molar-refractivity contribution in [3.8, 4) is 0 Å². The van der Waals surface area contributed by atoms with Gasteiger partial charge in [0.05, 0.1) is 18.3 Å². The molecule has 2 rings (SSSR count). The molecule has 110 valence electrons. The highest BCUT2D eigenvalue weighted by atomic mass is 35.5. The zero-order valence-electron chi connectivity index (χ0n) is 11.0. The van der Waals surface area contributed by atoms with Gasteiger partial charge in [0.15, 0.2) is 0 Å². The van der Waals surface area contributed by atoms with Crippen LogP contribution in [0.3, 0.4) is 0 Å². The fourth-order valence-electron chi connectivity index (χ4n) is 1.60. The van der Waals surface area contributed by atoms with Crippen LogP contribution < -0.4 is 10.6 Å². The van der Waals surface area contributed by atoms with Crippen molar-refractivity contribution in [1.82, 2.24) is 10.3 Å². The Hall–Kier alpha value is -2.54. The third-order valence-electron chi connectivity index (χ3n) is 2.47. The van der Waals surface area contributed by atoms with Gasteiger partial charge >= 0.3 is 12.0 Å². The number of carboxylic acids is 1. The number of oxazole rings is 1. The van der Waals surface area contributed by atoms with Crippen LogP contribution in [0.15, 0.2) is 28.8 Å². The SMILES string of the molecule is Cc1cnc(CNC(=O)Nc2cc(Cl)cc(C(=O)O)c2)o1. The normalized spacial score (nSPS) is 10.2. The summed E-state index contributed by atoms with van der Waals surface area (Å²) < 4.78 is 5.20. The molecule has 0 spiro atoms. The second-order valence-electron chi connectivity index (χ2n) is 4.21. The highest BCUT2D eigenvalue weighted by Gasteiger charge is 2.09. The van der Waals surface area contributed by atoms with Crippen LogP contribution in [0.2, 0.25) is 5.02 Å². The number of halogens is 1. The molecule has 2 aromatic rings. The highest BCUT2D eigenvalue weighted by molar-refractivity contribution is 6.31. The number of carbonyl (C=O) groups excluding carboxylic acids is 1. The first kappa shape index (κ1) is 14.9. The molecule has 0 unspecified atom stereocenters. The predicted molar refractivity (Wildman–Crippen MR) is 75.5 cm³/mol. The summed E-state index contributed by atoms with van der Waals surface area (Å²) in [5, 5.41) is 14.2. The molecule has 0 saturated heterocycles. The minimum Gasteiger partial charge on any atom is -0.478 e. The lowest BCUT2D eigenvalue weighted by molar-refractivity contribution is 0.0697. The molecule has 0 aliphatic rings. The number of hydrogen-bond acceptors (Lipinski definition) is 4. The number of nitrogens with one attached hydrogen (secondary N) is 2. The van der Waals surface area contributed by atoms with Gasteiger partial charge in [-0.1, -0.05) is 11.6 Å². The van der Waals surface area contributed by atoms with Gasteiger partial charge in [-0.3, -0.25) is 0 Å². The van der Waals surface area contributed by atoms with Crippen molar-refractivity contribution in [2.75, 3.05) is 5.32 Å². The van der Waals surface area contributed by atoms with E-state index in [1.165, 1.54) is 18.2 Å². The largest absolute Gasteiger partial charge is 0.478 e. The quantitative estimate of drug-likeness (QED) is 0.805. The Morgan fingerprint density at radius 3 is 2.76 bits per heavy atom. The number of aryl methyl sites for hydroxylation is 1. The fourth-order valence-corrected chi connectivity index (χ4v) is 1.83. The van der Waals surface area contributed by atoms with Gasteiger partial charge in [-0.05, 0) is 25.1 Å². The molecule has 0 fully saturated rings. The first-order valence-corrected chi connectivity index (χ1v) is 6.32. The Labute approximate surface area is 124 Å². The monoisotopic (exact) mass is 309 g/mol. The maximum atomic E-state index is 11.7. The van der Waals surface area contributed by atoms with E-state index in [0.717, 1.165) is 0 Å². The Morgan fingerprint density at radius 2 is 2.14 bits per heavy atom. The van der Waals surface area contributed by atoms with E-state index < -0.39 is 12.0 Å². The standard InChI is InChI=1S/C13H12ClN3O4/c1-7-5-15-11(21-7)6-16-13(20)17-10-3-8(12(18)19)2-9(14)4-10/h2-5H,6H2,1H3,(H,18,19)(H2,16,17,20). The Kier molecular flexibility index (Phi) is 4.44. The van der Waals surface area contributed by atoms with Gasteiger partial charge in [-0.25, -0.2) is 14.6 Å². The van der Waals surface area contributed by atoms with Crippen molar-refractivity contribution in [2.24, 2.45) is 0 Å². The van der Waals surface area contributed by atoms with E-state index in [0.29, 0.717) is 11.7 Å². The second kappa shape index (κ2) is 6.27. The molecular weight excluding hydrogens is 298 g/mol. The molecule has 2 amide bonds. The molecule has 1 aromatic carbocycles. The minimum atomic E-state index is -1.13. The molecule has 3 N–H and O–H groups in total. The number of hydrogen-bond donors (Lipinski definition) is 3. The number of anilines is 1. The number of nitrogens with zero attached hydrogens (tertiary/aromatic N) is 1. The molecule has 1 aromatic heterocycles. The van der Waals surface area contributed by atoms with E-state index in [9.17, 15) is 9.59 Å². The number of carbonyl (C=O) groups is 2. The van der Waals surface area contributed by atoms with Crippen LogP contribution in [0.1, 0.15) is 22.0 Å². The number of aromatic carboxylic acids is 1. The topological polar surface area (TPSA) is 104 Å². The van der Waals surface area contributed by atoms with Crippen LogP contribution in [-0.2, 0) is 6.54 Å². The van der Waals surface area contributed by atoms with Crippen LogP contribution in [0.5, 0.6) is 0 Å². The third-order valence-corrected chi connectivity index (χ3v) is 2.69. The summed E-state index contributed by atoms with van der Waals surface area (Å²) >= 11 is 5.79. The predicted octanol–water partition coefficient (Wildman–Crippen LogP) is 2.66. The lowest BCUT2D eigenvalue weighted by Gasteiger charge is -2.07. The highest BCUT2D eigenvalue weighted by Crippen LogP contribution is 2.19. The molecule has 0 atom stereocenters. The minimum absolute atomic E-state index is 0.0128. The van der Waals surface area contributed by atoms with Gasteiger partial charge < -0.3 is 20.2 Å². The van der Waals surface area contributed by atoms with Crippen LogP contribution >= 0.6 is 11.6 Å². The summed E-state index contributed by atoms with van der Waals surface area (Å²) in [6.45, 7) is 1.86. The number of amides is 2. The third kappa shape index (κ3) is 4.22. The van der Waals surface area contributed by atoms with Crippen molar-refractivity contribution in [3.05, 3.63) is 46.6 Å². The van der Waals surface area contributed by atoms with E-state index in [4.69, 9.17) is 21.1 Å². The Balaban J connectivity index is 1.97. The first-order chi connectivity index (χ1) is 9.94. The van der Waals surface area contributed by atoms with Crippen LogP contribution in [-0.4, -0.2) is 22.1 Å². The molecule has 0 saturated carbocycles. The lowest BCUT2D eigenvalue weighted by Crippen LogP contribution is -2.28. The molecule has 0 aliphatic heterocycles. The number of benzene rings is 1. The molecule has 0 bridgehead atoms. The zero-order chi connectivity index (χ0) is 15.4. The van der Waals surface area contributed by atoms with Gasteiger partial charge in [0.2, 0.25) is 5.89 Å². The summed E-state index contributed by atoms with van der Waals surface area (Å²) in [6.07, 6.45) is 1.55. The molecular formula is C13H12ClN3O4. The summed E-state index contributed by atoms with van der Waals surface area (Å²) in [7, 11) is 0. The van der Waals surface area contributed by atoms with Gasteiger partial charge in [0.1, 0.15) is 5.76 Å². The smallest absolute Gasteiger partial charge is 0.335 e. The van der Waals surface area contributed by atoms with Crippen molar-refractivity contribution in [1.29, 1.82) is 0 Å². The molecule has 21 heavy (non-hydrogen) atoms. The average molecular weight is 310 g/mol. The molecule has 0 aliphatic carbocycles. The second-order valence-corrected chi connectivity index (χ2v) is 4.64. The molecule has 7 nitrogen and oxygen atoms in total. The Bertz CT molecular complexity index is 684. The van der Waals surface area contributed by atoms with E-state index in [-0.39, 0.29) is 22.8 Å². The van der Waals surface area contributed by atoms with Gasteiger partial charge in [0, 0.05) is 10.7 Å². The number of aromatic nitrogens is 1. The van der Waals surface area contributed by atoms with Gasteiger partial charge in [-0.15, -0.1) is 0 Å². The summed E-state index contributed by atoms with van der Waals surface area (Å²) in [4.78, 5) is 26.5. The van der Waals surface area contributed by atoms with E-state index in [1.807, 2.05) is 0 Å². The maximum absolute atomic E-state index is 11.7. The van der Waals surface area contributed by atoms with Gasteiger partial charge in [0.25, 0.3) is 0 Å². The van der Waals surface area contributed by atoms with Crippen molar-refractivity contribution < 1.29 is 19.1 Å². The first-order valence-electron chi connectivity index (χ1n) is 5.94. The summed E-state index contributed by atoms with van der Waals surface area (Å²) in [6, 6.07) is 3.53. The van der Waals surface area contributed by atoms with E-state index in [1.54, 1.807) is 13.1 Å². The number of carboxylic acid groups (broad SMARTS) is 1. The van der Waals surface area contributed by atoms with Crippen molar-refractivity contribution in [2.45, 2.75) is 13.5 Å². The fraction of sp³-hybridized carbons (Fsp3) is 0.154. The van der Waals surface area contributed by atoms with E-state index >= 15 is 0 Å². The van der Waals surface area contributed by atoms with Crippen LogP contribution in [0.4, 0.5) is 10.5 Å². The number of rotatable bonds is 4. The maximum Gasteiger partial charge on any atom is 0.335 e. The zero-order valence-corrected chi connectivity index (χ0v) is 11.8. The molecule has 0 radical (unpaired) electrons. The Morgan fingerprint density at radius 1 is 1.38 bits per heavy atom. The van der Waals surface area contributed by atoms with E-state index in [2.05, 4.69) is 15.6 Å². The van der Waals surface area contributed by atoms with Crippen LogP contribution in [0, 0.1) is 6.92 Å². The number of urea groups is 1. The van der Waals surface area contributed by atoms with Gasteiger partial charge in [-0.2, -0.15) is 0 Å². The molecule has 1 heterocycles. The lowest BCUT2D eigenvalue weighted by atomic mass is 10.2. The average Bonchev–Trinajstić information content (AvgIpc) is 2.81. The summed E-state index contributed by atoms with van der Waals surface area (Å²) in [5.41, 5.74) is 0.266. The molecule has 8 heteroatoms. The summed E-state index contributed by atoms with van der Waals surface area (Å²) in [5.74, 6) is -0.107. The van der Waals surface area contributed by atoms with Crippen LogP contribution in [0.25, 0.3) is 0 Å².